The van der Waals surface area contributed by atoms with Gasteiger partial charge < -0.3 is 10.2 Å². The van der Waals surface area contributed by atoms with Crippen molar-refractivity contribution in [2.24, 2.45) is 0 Å². The summed E-state index contributed by atoms with van der Waals surface area (Å²) in [7, 11) is 0. The van der Waals surface area contributed by atoms with Crippen molar-refractivity contribution in [1.82, 2.24) is 0 Å². The molecular formula is C17H15Cl2NO4. The topological polar surface area (TPSA) is 98.4 Å². The van der Waals surface area contributed by atoms with E-state index < -0.39 is 12.1 Å². The Hall–Kier alpha value is -2.39. The Bertz CT molecular complexity index is 710. The Labute approximate surface area is 149 Å². The third-order valence-corrected chi connectivity index (χ3v) is 3.04. The molecule has 0 fully saturated rings. The summed E-state index contributed by atoms with van der Waals surface area (Å²) in [5.74, 6) is -0.833. The Balaban J connectivity index is 0.000000367. The van der Waals surface area contributed by atoms with Crippen LogP contribution in [-0.2, 0) is 4.79 Å². The highest BCUT2D eigenvalue weighted by Gasteiger charge is 2.07. The third-order valence-electron chi connectivity index (χ3n) is 2.35. The van der Waals surface area contributed by atoms with Crippen LogP contribution >= 0.6 is 23.2 Å². The van der Waals surface area contributed by atoms with Crippen LogP contribution in [0.2, 0.25) is 10.0 Å². The zero-order valence-electron chi connectivity index (χ0n) is 12.7. The molecule has 0 unspecified atom stereocenters. The maximum absolute atomic E-state index is 10.1. The summed E-state index contributed by atoms with van der Waals surface area (Å²) in [6.07, 6.45) is -0.383. The van der Waals surface area contributed by atoms with Crippen molar-refractivity contribution in [2.75, 3.05) is 0 Å². The molecule has 24 heavy (non-hydrogen) atoms. The Morgan fingerprint density at radius 2 is 1.58 bits per heavy atom. The quantitative estimate of drug-likeness (QED) is 0.613. The number of aliphatic carboxylic acids is 1. The summed E-state index contributed by atoms with van der Waals surface area (Å²) in [6.45, 7) is 1.08. The molecule has 1 atom stereocenters. The molecule has 0 bridgehead atoms. The van der Waals surface area contributed by atoms with Gasteiger partial charge >= 0.3 is 0 Å². The fourth-order valence-electron chi connectivity index (χ4n) is 1.34. The predicted octanol–water partition coefficient (Wildman–Crippen LogP) is 4.14. The van der Waals surface area contributed by atoms with Crippen LogP contribution in [0.1, 0.15) is 28.9 Å². The van der Waals surface area contributed by atoms with Crippen LogP contribution in [0.15, 0.2) is 48.5 Å². The number of nitriles is 1. The Morgan fingerprint density at radius 3 is 1.96 bits per heavy atom. The fraction of sp³-hybridized carbons (Fsp3) is 0.118. The van der Waals surface area contributed by atoms with Gasteiger partial charge in [-0.15, -0.1) is 0 Å². The first-order valence-electron chi connectivity index (χ1n) is 6.54. The number of aliphatic hydroxyl groups excluding tert-OH is 1. The molecule has 2 N–H and O–H groups in total. The number of carbonyl (C=O) groups is 2. The minimum absolute atomic E-state index is 0.418. The highest BCUT2D eigenvalue weighted by molar-refractivity contribution is 6.32. The molecule has 0 saturated carbocycles. The van der Waals surface area contributed by atoms with E-state index in [2.05, 4.69) is 0 Å². The molecule has 0 aliphatic heterocycles. The van der Waals surface area contributed by atoms with Crippen molar-refractivity contribution in [3.05, 3.63) is 69.7 Å². The van der Waals surface area contributed by atoms with E-state index in [0.29, 0.717) is 21.2 Å². The van der Waals surface area contributed by atoms with Gasteiger partial charge in [0.05, 0.1) is 11.1 Å². The second-order valence-electron chi connectivity index (χ2n) is 4.21. The first kappa shape index (κ1) is 21.6. The molecule has 2 rings (SSSR count). The minimum Gasteiger partial charge on any atom is -0.481 e. The van der Waals surface area contributed by atoms with E-state index in [-0.39, 0.29) is 0 Å². The van der Waals surface area contributed by atoms with E-state index in [1.54, 1.807) is 54.6 Å². The molecule has 0 heterocycles. The maximum Gasteiger partial charge on any atom is 0.300 e. The lowest BCUT2D eigenvalue weighted by molar-refractivity contribution is -0.134. The summed E-state index contributed by atoms with van der Waals surface area (Å²) < 4.78 is 0. The molecule has 0 aromatic heterocycles. The number of rotatable bonds is 2. The van der Waals surface area contributed by atoms with Gasteiger partial charge in [0.1, 0.15) is 0 Å². The van der Waals surface area contributed by atoms with Gasteiger partial charge in [-0.1, -0.05) is 59.6 Å². The largest absolute Gasteiger partial charge is 0.481 e. The maximum atomic E-state index is 10.1. The normalized spacial score (nSPS) is 9.96. The van der Waals surface area contributed by atoms with Crippen molar-refractivity contribution in [2.45, 2.75) is 13.0 Å². The van der Waals surface area contributed by atoms with Crippen molar-refractivity contribution >= 4 is 35.5 Å². The van der Waals surface area contributed by atoms with Crippen molar-refractivity contribution in [1.29, 1.82) is 5.26 Å². The first-order chi connectivity index (χ1) is 11.3. The van der Waals surface area contributed by atoms with Crippen LogP contribution < -0.4 is 0 Å². The standard InChI is InChI=1S/C8H6ClNO.C7H5ClO.C2H4O2/c9-7-4-2-1-3-6(7)8(11)5-10;8-7-4-2-1-3-6(7)5-9;1-2(3)4/h1-4,8,11H;1-5H;1H3,(H,3,4)/t8-;;/m0../s1. The molecule has 0 spiro atoms. The van der Waals surface area contributed by atoms with E-state index in [0.717, 1.165) is 13.2 Å². The van der Waals surface area contributed by atoms with E-state index in [4.69, 9.17) is 43.5 Å². The summed E-state index contributed by atoms with van der Waals surface area (Å²) in [4.78, 5) is 19.1. The monoisotopic (exact) mass is 367 g/mol. The second-order valence-corrected chi connectivity index (χ2v) is 5.03. The number of carbonyl (C=O) groups excluding carboxylic acids is 1. The summed E-state index contributed by atoms with van der Waals surface area (Å²) >= 11 is 11.3. The van der Waals surface area contributed by atoms with E-state index in [9.17, 15) is 4.79 Å². The number of aliphatic hydroxyl groups is 1. The van der Waals surface area contributed by atoms with Crippen LogP contribution in [0.25, 0.3) is 0 Å². The molecule has 0 aliphatic carbocycles. The SMILES string of the molecule is CC(=O)O.N#C[C@H](O)c1ccccc1Cl.O=Cc1ccccc1Cl. The molecule has 0 aliphatic rings. The average molecular weight is 368 g/mol. The molecule has 2 aromatic carbocycles. The van der Waals surface area contributed by atoms with Gasteiger partial charge in [-0.3, -0.25) is 9.59 Å². The van der Waals surface area contributed by atoms with Crippen LogP contribution in [0.5, 0.6) is 0 Å². The summed E-state index contributed by atoms with van der Waals surface area (Å²) in [5.41, 5.74) is 0.996. The van der Waals surface area contributed by atoms with Gasteiger partial charge in [-0.25, -0.2) is 0 Å². The van der Waals surface area contributed by atoms with Crippen LogP contribution in [0.4, 0.5) is 0 Å². The first-order valence-corrected chi connectivity index (χ1v) is 7.30. The van der Waals surface area contributed by atoms with Crippen molar-refractivity contribution in [3.8, 4) is 6.07 Å². The lowest BCUT2D eigenvalue weighted by atomic mass is 10.1. The highest BCUT2D eigenvalue weighted by Crippen LogP contribution is 2.21. The van der Waals surface area contributed by atoms with Gasteiger partial charge in [0.15, 0.2) is 12.4 Å². The molecular weight excluding hydrogens is 353 g/mol. The third kappa shape index (κ3) is 8.91. The number of nitrogens with zero attached hydrogens (tertiary/aromatic N) is 1. The van der Waals surface area contributed by atoms with Gasteiger partial charge in [0.2, 0.25) is 0 Å². The number of halogens is 2. The number of hydrogen-bond acceptors (Lipinski definition) is 4. The van der Waals surface area contributed by atoms with Gasteiger partial charge in [-0.05, 0) is 12.1 Å². The van der Waals surface area contributed by atoms with Gasteiger partial charge in [-0.2, -0.15) is 5.26 Å². The molecule has 7 heteroatoms. The average Bonchev–Trinajstić information content (AvgIpc) is 2.55. The highest BCUT2D eigenvalue weighted by atomic mass is 35.5. The predicted molar refractivity (Wildman–Crippen MR) is 92.2 cm³/mol. The summed E-state index contributed by atoms with van der Waals surface area (Å²) in [5, 5.41) is 25.8. The molecule has 0 amide bonds. The zero-order chi connectivity index (χ0) is 18.5. The lowest BCUT2D eigenvalue weighted by Gasteiger charge is -2.02. The van der Waals surface area contributed by atoms with E-state index in [1.807, 2.05) is 0 Å². The van der Waals surface area contributed by atoms with E-state index in [1.165, 1.54) is 0 Å². The van der Waals surface area contributed by atoms with Crippen molar-refractivity contribution in [3.63, 3.8) is 0 Å². The summed E-state index contributed by atoms with van der Waals surface area (Å²) in [6, 6.07) is 15.3. The fourth-order valence-corrected chi connectivity index (χ4v) is 1.76. The Morgan fingerprint density at radius 1 is 1.12 bits per heavy atom. The minimum atomic E-state index is -1.12. The zero-order valence-corrected chi connectivity index (χ0v) is 14.2. The molecule has 2 aromatic rings. The van der Waals surface area contributed by atoms with E-state index >= 15 is 0 Å². The molecule has 126 valence electrons. The molecule has 0 radical (unpaired) electrons. The smallest absolute Gasteiger partial charge is 0.300 e. The number of carboxylic acids is 1. The van der Waals surface area contributed by atoms with Crippen molar-refractivity contribution < 1.29 is 19.8 Å². The van der Waals surface area contributed by atoms with Gasteiger partial charge in [0, 0.05) is 23.1 Å². The van der Waals surface area contributed by atoms with Crippen LogP contribution in [0, 0.1) is 11.3 Å². The number of aldehydes is 1. The lowest BCUT2D eigenvalue weighted by Crippen LogP contribution is -1.93. The molecule has 0 saturated heterocycles. The number of hydrogen-bond donors (Lipinski definition) is 2. The van der Waals surface area contributed by atoms with Crippen LogP contribution in [-0.4, -0.2) is 22.5 Å². The molecule has 5 nitrogen and oxygen atoms in total. The number of carboxylic acid groups (broad SMARTS) is 1. The number of benzene rings is 2. The van der Waals surface area contributed by atoms with Crippen LogP contribution in [0.3, 0.4) is 0 Å². The Kier molecular flexibility index (Phi) is 10.9. The second kappa shape index (κ2) is 12.1. The van der Waals surface area contributed by atoms with Gasteiger partial charge in [0.25, 0.3) is 5.97 Å².